The van der Waals surface area contributed by atoms with E-state index in [0.29, 0.717) is 23.6 Å². The van der Waals surface area contributed by atoms with Crippen molar-refractivity contribution >= 4 is 27.2 Å². The first-order valence-corrected chi connectivity index (χ1v) is 6.47. The zero-order valence-corrected chi connectivity index (χ0v) is 10.4. The molecule has 0 saturated carbocycles. The summed E-state index contributed by atoms with van der Waals surface area (Å²) >= 11 is 1.56. The lowest BCUT2D eigenvalue weighted by Gasteiger charge is -1.99. The van der Waals surface area contributed by atoms with Gasteiger partial charge in [-0.25, -0.2) is 0 Å². The first-order chi connectivity index (χ1) is 8.79. The second-order valence-corrected chi connectivity index (χ2v) is 4.86. The van der Waals surface area contributed by atoms with Gasteiger partial charge in [0.15, 0.2) is 5.76 Å². The molecule has 0 aliphatic heterocycles. The number of thiophene rings is 1. The number of nitrogens with two attached hydrogens (primary N) is 1. The second-order valence-electron chi connectivity index (χ2n) is 3.94. The SMILES string of the molecule is NCc1ccc(C(=O)c2cccc3ccsc23)o1. The summed E-state index contributed by atoms with van der Waals surface area (Å²) in [6.45, 7) is 0.302. The van der Waals surface area contributed by atoms with Gasteiger partial charge in [-0.1, -0.05) is 12.1 Å². The van der Waals surface area contributed by atoms with Crippen molar-refractivity contribution in [3.05, 3.63) is 58.9 Å². The average Bonchev–Trinajstić information content (AvgIpc) is 3.05. The molecule has 0 aliphatic rings. The van der Waals surface area contributed by atoms with Crippen LogP contribution in [0.2, 0.25) is 0 Å². The first kappa shape index (κ1) is 11.2. The van der Waals surface area contributed by atoms with Crippen LogP contribution in [-0.2, 0) is 6.54 Å². The van der Waals surface area contributed by atoms with Gasteiger partial charge in [0.1, 0.15) is 5.76 Å². The molecule has 3 nitrogen and oxygen atoms in total. The van der Waals surface area contributed by atoms with Crippen LogP contribution in [0.5, 0.6) is 0 Å². The van der Waals surface area contributed by atoms with Crippen LogP contribution in [0.15, 0.2) is 46.2 Å². The monoisotopic (exact) mass is 257 g/mol. The molecule has 0 atom stereocenters. The van der Waals surface area contributed by atoms with Crippen molar-refractivity contribution in [2.45, 2.75) is 6.54 Å². The molecule has 18 heavy (non-hydrogen) atoms. The quantitative estimate of drug-likeness (QED) is 0.733. The lowest BCUT2D eigenvalue weighted by atomic mass is 10.1. The highest BCUT2D eigenvalue weighted by molar-refractivity contribution is 7.17. The van der Waals surface area contributed by atoms with Gasteiger partial charge in [-0.3, -0.25) is 4.79 Å². The maximum atomic E-state index is 12.4. The number of fused-ring (bicyclic) bond motifs is 1. The smallest absolute Gasteiger partial charge is 0.229 e. The van der Waals surface area contributed by atoms with E-state index in [-0.39, 0.29) is 5.78 Å². The molecule has 0 saturated heterocycles. The van der Waals surface area contributed by atoms with Crippen molar-refractivity contribution in [2.75, 3.05) is 0 Å². The van der Waals surface area contributed by atoms with Crippen LogP contribution in [0.3, 0.4) is 0 Å². The van der Waals surface area contributed by atoms with Crippen molar-refractivity contribution in [3.8, 4) is 0 Å². The molecule has 90 valence electrons. The third-order valence-corrected chi connectivity index (χ3v) is 3.77. The predicted octanol–water partition coefficient (Wildman–Crippen LogP) is 3.18. The number of hydrogen-bond acceptors (Lipinski definition) is 4. The van der Waals surface area contributed by atoms with Crippen molar-refractivity contribution < 1.29 is 9.21 Å². The number of carbonyl (C=O) groups is 1. The third-order valence-electron chi connectivity index (χ3n) is 2.81. The first-order valence-electron chi connectivity index (χ1n) is 5.59. The summed E-state index contributed by atoms with van der Waals surface area (Å²) in [7, 11) is 0. The number of furan rings is 1. The Hall–Kier alpha value is -1.91. The molecule has 0 fully saturated rings. The molecule has 2 N–H and O–H groups in total. The molecule has 0 unspecified atom stereocenters. The van der Waals surface area contributed by atoms with Crippen molar-refractivity contribution in [1.29, 1.82) is 0 Å². The summed E-state index contributed by atoms with van der Waals surface area (Å²) in [4.78, 5) is 12.4. The molecular formula is C14H11NO2S. The molecule has 2 heterocycles. The fourth-order valence-electron chi connectivity index (χ4n) is 1.91. The molecule has 1 aromatic carbocycles. The normalized spacial score (nSPS) is 10.9. The lowest BCUT2D eigenvalue weighted by molar-refractivity contribution is 0.101. The van der Waals surface area contributed by atoms with Crippen LogP contribution in [-0.4, -0.2) is 5.78 Å². The standard InChI is InChI=1S/C14H11NO2S/c15-8-10-4-5-12(17-10)13(16)11-3-1-2-9-6-7-18-14(9)11/h1-7H,8,15H2. The Morgan fingerprint density at radius 3 is 2.89 bits per heavy atom. The van der Waals surface area contributed by atoms with Gasteiger partial charge in [0.2, 0.25) is 5.78 Å². The van der Waals surface area contributed by atoms with E-state index in [9.17, 15) is 4.79 Å². The highest BCUT2D eigenvalue weighted by atomic mass is 32.1. The summed E-state index contributed by atoms with van der Waals surface area (Å²) < 4.78 is 6.40. The van der Waals surface area contributed by atoms with Gasteiger partial charge >= 0.3 is 0 Å². The Morgan fingerprint density at radius 1 is 1.22 bits per heavy atom. The highest BCUT2D eigenvalue weighted by Gasteiger charge is 2.16. The zero-order valence-electron chi connectivity index (χ0n) is 9.55. The van der Waals surface area contributed by atoms with Crippen LogP contribution in [0.1, 0.15) is 21.9 Å². The summed E-state index contributed by atoms with van der Waals surface area (Å²) in [5.74, 6) is 0.871. The fraction of sp³-hybridized carbons (Fsp3) is 0.0714. The van der Waals surface area contributed by atoms with Crippen LogP contribution < -0.4 is 5.73 Å². The van der Waals surface area contributed by atoms with Gasteiger partial charge in [0.05, 0.1) is 6.54 Å². The Morgan fingerprint density at radius 2 is 2.11 bits per heavy atom. The molecule has 0 radical (unpaired) electrons. The topological polar surface area (TPSA) is 56.2 Å². The largest absolute Gasteiger partial charge is 0.456 e. The minimum absolute atomic E-state index is 0.0947. The van der Waals surface area contributed by atoms with E-state index in [1.165, 1.54) is 0 Å². The fourth-order valence-corrected chi connectivity index (χ4v) is 2.82. The van der Waals surface area contributed by atoms with Crippen LogP contribution in [0.25, 0.3) is 10.1 Å². The molecule has 2 aromatic heterocycles. The Bertz CT molecular complexity index is 711. The Kier molecular flexibility index (Phi) is 2.74. The van der Waals surface area contributed by atoms with Gasteiger partial charge in [-0.15, -0.1) is 11.3 Å². The molecule has 3 rings (SSSR count). The maximum absolute atomic E-state index is 12.4. The molecule has 0 amide bonds. The van der Waals surface area contributed by atoms with E-state index in [1.54, 1.807) is 23.5 Å². The van der Waals surface area contributed by atoms with E-state index in [2.05, 4.69) is 0 Å². The molecular weight excluding hydrogens is 246 g/mol. The molecule has 0 aliphatic carbocycles. The summed E-state index contributed by atoms with van der Waals surface area (Å²) in [6, 6.07) is 11.1. The Balaban J connectivity index is 2.08. The lowest BCUT2D eigenvalue weighted by Crippen LogP contribution is -2.00. The van der Waals surface area contributed by atoms with E-state index in [0.717, 1.165) is 10.1 Å². The summed E-state index contributed by atoms with van der Waals surface area (Å²) in [5.41, 5.74) is 6.15. The van der Waals surface area contributed by atoms with Crippen LogP contribution in [0, 0.1) is 0 Å². The van der Waals surface area contributed by atoms with Crippen molar-refractivity contribution in [2.24, 2.45) is 5.73 Å². The van der Waals surface area contributed by atoms with Gasteiger partial charge in [0.25, 0.3) is 0 Å². The number of rotatable bonds is 3. The van der Waals surface area contributed by atoms with E-state index >= 15 is 0 Å². The minimum atomic E-state index is -0.0947. The molecule has 0 spiro atoms. The molecule has 3 aromatic rings. The van der Waals surface area contributed by atoms with Gasteiger partial charge in [-0.2, -0.15) is 0 Å². The molecule has 0 bridgehead atoms. The number of benzene rings is 1. The van der Waals surface area contributed by atoms with Crippen LogP contribution in [0.4, 0.5) is 0 Å². The third kappa shape index (κ3) is 1.75. The highest BCUT2D eigenvalue weighted by Crippen LogP contribution is 2.26. The van der Waals surface area contributed by atoms with Gasteiger partial charge in [-0.05, 0) is 35.0 Å². The van der Waals surface area contributed by atoms with Gasteiger partial charge in [0, 0.05) is 10.3 Å². The molecule has 4 heteroatoms. The van der Waals surface area contributed by atoms with E-state index in [4.69, 9.17) is 10.2 Å². The minimum Gasteiger partial charge on any atom is -0.456 e. The number of carbonyl (C=O) groups excluding carboxylic acids is 1. The summed E-state index contributed by atoms with van der Waals surface area (Å²) in [6.07, 6.45) is 0. The van der Waals surface area contributed by atoms with Crippen molar-refractivity contribution in [3.63, 3.8) is 0 Å². The van der Waals surface area contributed by atoms with E-state index in [1.807, 2.05) is 29.6 Å². The maximum Gasteiger partial charge on any atom is 0.229 e. The van der Waals surface area contributed by atoms with Crippen LogP contribution >= 0.6 is 11.3 Å². The zero-order chi connectivity index (χ0) is 12.5. The summed E-state index contributed by atoms with van der Waals surface area (Å²) in [5, 5.41) is 3.06. The number of ketones is 1. The average molecular weight is 257 g/mol. The number of hydrogen-bond donors (Lipinski definition) is 1. The second kappa shape index (κ2) is 4.40. The van der Waals surface area contributed by atoms with Crippen molar-refractivity contribution in [1.82, 2.24) is 0 Å². The van der Waals surface area contributed by atoms with Gasteiger partial charge < -0.3 is 10.2 Å². The predicted molar refractivity (Wildman–Crippen MR) is 71.9 cm³/mol. The van der Waals surface area contributed by atoms with E-state index < -0.39 is 0 Å². The Labute approximate surface area is 108 Å².